The first-order valence-electron chi connectivity index (χ1n) is 8.77. The van der Waals surface area contributed by atoms with Crippen LogP contribution in [0.5, 0.6) is 0 Å². The molecule has 0 heterocycles. The molecular weight excluding hydrogens is 264 g/mol. The van der Waals surface area contributed by atoms with Crippen LogP contribution in [0.25, 0.3) is 0 Å². The number of esters is 1. The van der Waals surface area contributed by atoms with Crippen molar-refractivity contribution in [2.24, 2.45) is 29.6 Å². The van der Waals surface area contributed by atoms with Crippen LogP contribution < -0.4 is 0 Å². The maximum atomic E-state index is 11.4. The van der Waals surface area contributed by atoms with Gasteiger partial charge in [0.1, 0.15) is 0 Å². The summed E-state index contributed by atoms with van der Waals surface area (Å²) in [7, 11) is 0. The first-order valence-corrected chi connectivity index (χ1v) is 8.77. The zero-order chi connectivity index (χ0) is 15.8. The predicted molar refractivity (Wildman–Crippen MR) is 85.8 cm³/mol. The minimum atomic E-state index is -0.177. The molecule has 2 unspecified atom stereocenters. The molecule has 3 heteroatoms. The van der Waals surface area contributed by atoms with Crippen molar-refractivity contribution in [3.8, 4) is 0 Å². The Labute approximate surface area is 130 Å². The molecule has 124 valence electrons. The Kier molecular flexibility index (Phi) is 8.31. The van der Waals surface area contributed by atoms with Crippen molar-refractivity contribution >= 4 is 5.97 Å². The minimum absolute atomic E-state index is 0.0830. The quantitative estimate of drug-likeness (QED) is 0.372. The van der Waals surface area contributed by atoms with Crippen molar-refractivity contribution in [3.05, 3.63) is 0 Å². The topological polar surface area (TPSA) is 35.5 Å². The lowest BCUT2D eigenvalue weighted by atomic mass is 9.66. The first kappa shape index (κ1) is 18.5. The van der Waals surface area contributed by atoms with E-state index in [1.165, 1.54) is 32.1 Å². The predicted octanol–water partition coefficient (Wildman–Crippen LogP) is 4.65. The monoisotopic (exact) mass is 298 g/mol. The molecule has 1 aliphatic carbocycles. The summed E-state index contributed by atoms with van der Waals surface area (Å²) < 4.78 is 10.8. The Hall–Kier alpha value is -0.570. The van der Waals surface area contributed by atoms with Crippen molar-refractivity contribution in [2.75, 3.05) is 13.4 Å². The van der Waals surface area contributed by atoms with Crippen molar-refractivity contribution in [2.45, 2.75) is 66.7 Å². The standard InChI is InChI=1S/C18H34O3/c1-6-14-9-15(7-2)17(16(8-3)10-14)11-20-12-21-18(19)13(4)5/h13-17H,6-12H2,1-5H3. The van der Waals surface area contributed by atoms with Crippen molar-refractivity contribution in [1.82, 2.24) is 0 Å². The van der Waals surface area contributed by atoms with Gasteiger partial charge in [-0.05, 0) is 36.5 Å². The first-order chi connectivity index (χ1) is 10.0. The van der Waals surface area contributed by atoms with Crippen LogP contribution in [0.3, 0.4) is 0 Å². The van der Waals surface area contributed by atoms with Crippen LogP contribution in [0.15, 0.2) is 0 Å². The normalized spacial score (nSPS) is 29.6. The SMILES string of the molecule is CCC1CC(CC)C(COCOC(=O)C(C)C)C(CC)C1. The average Bonchev–Trinajstić information content (AvgIpc) is 2.50. The Morgan fingerprint density at radius 1 is 1.05 bits per heavy atom. The third kappa shape index (κ3) is 5.61. The summed E-state index contributed by atoms with van der Waals surface area (Å²) in [5.41, 5.74) is 0. The van der Waals surface area contributed by atoms with E-state index < -0.39 is 0 Å². The molecule has 1 rings (SSSR count). The third-order valence-corrected chi connectivity index (χ3v) is 5.18. The van der Waals surface area contributed by atoms with E-state index >= 15 is 0 Å². The molecule has 3 nitrogen and oxygen atoms in total. The molecule has 0 saturated heterocycles. The van der Waals surface area contributed by atoms with Gasteiger partial charge in [0.25, 0.3) is 0 Å². The average molecular weight is 298 g/mol. The van der Waals surface area contributed by atoms with Crippen LogP contribution in [0.4, 0.5) is 0 Å². The van der Waals surface area contributed by atoms with E-state index in [0.29, 0.717) is 5.92 Å². The van der Waals surface area contributed by atoms with E-state index in [4.69, 9.17) is 9.47 Å². The molecule has 1 saturated carbocycles. The molecule has 0 aromatic rings. The largest absolute Gasteiger partial charge is 0.438 e. The molecule has 0 aromatic carbocycles. The highest BCUT2D eigenvalue weighted by atomic mass is 16.7. The van der Waals surface area contributed by atoms with Gasteiger partial charge in [-0.25, -0.2) is 0 Å². The molecule has 21 heavy (non-hydrogen) atoms. The van der Waals surface area contributed by atoms with Gasteiger partial charge < -0.3 is 9.47 Å². The van der Waals surface area contributed by atoms with Crippen LogP contribution in [0.2, 0.25) is 0 Å². The number of hydrogen-bond donors (Lipinski definition) is 0. The number of carbonyl (C=O) groups is 1. The number of ether oxygens (including phenoxy) is 2. The molecule has 0 N–H and O–H groups in total. The third-order valence-electron chi connectivity index (χ3n) is 5.18. The van der Waals surface area contributed by atoms with E-state index in [9.17, 15) is 4.79 Å². The van der Waals surface area contributed by atoms with E-state index in [1.807, 2.05) is 13.8 Å². The van der Waals surface area contributed by atoms with Gasteiger partial charge in [-0.15, -0.1) is 0 Å². The summed E-state index contributed by atoms with van der Waals surface area (Å²) in [5.74, 6) is 2.77. The Bertz CT molecular complexity index is 287. The second-order valence-electron chi connectivity index (χ2n) is 6.85. The van der Waals surface area contributed by atoms with Gasteiger partial charge in [0.2, 0.25) is 0 Å². The highest BCUT2D eigenvalue weighted by Crippen LogP contribution is 2.42. The molecule has 0 aliphatic heterocycles. The fourth-order valence-corrected chi connectivity index (χ4v) is 3.68. The number of carbonyl (C=O) groups excluding carboxylic acids is 1. The summed E-state index contributed by atoms with van der Waals surface area (Å²) in [6.45, 7) is 11.4. The summed E-state index contributed by atoms with van der Waals surface area (Å²) in [6.07, 6.45) is 6.43. The zero-order valence-electron chi connectivity index (χ0n) is 14.6. The molecule has 0 radical (unpaired) electrons. The van der Waals surface area contributed by atoms with E-state index in [0.717, 1.165) is 24.4 Å². The van der Waals surface area contributed by atoms with Gasteiger partial charge in [0, 0.05) is 0 Å². The maximum absolute atomic E-state index is 11.4. The van der Waals surface area contributed by atoms with Gasteiger partial charge >= 0.3 is 5.97 Å². The Balaban J connectivity index is 2.44. The second kappa shape index (κ2) is 9.45. The summed E-state index contributed by atoms with van der Waals surface area (Å²) >= 11 is 0. The summed E-state index contributed by atoms with van der Waals surface area (Å²) in [6, 6.07) is 0. The number of hydrogen-bond acceptors (Lipinski definition) is 3. The van der Waals surface area contributed by atoms with Gasteiger partial charge in [0.15, 0.2) is 6.79 Å². The molecule has 2 atom stereocenters. The molecule has 0 spiro atoms. The molecule has 0 bridgehead atoms. The van der Waals surface area contributed by atoms with E-state index in [2.05, 4.69) is 20.8 Å². The van der Waals surface area contributed by atoms with Gasteiger partial charge in [0.05, 0.1) is 12.5 Å². The Morgan fingerprint density at radius 3 is 2.05 bits per heavy atom. The lowest BCUT2D eigenvalue weighted by molar-refractivity contribution is -0.162. The van der Waals surface area contributed by atoms with Crippen LogP contribution in [-0.2, 0) is 14.3 Å². The molecule has 1 aliphatic rings. The maximum Gasteiger partial charge on any atom is 0.310 e. The fourth-order valence-electron chi connectivity index (χ4n) is 3.68. The van der Waals surface area contributed by atoms with E-state index in [-0.39, 0.29) is 18.7 Å². The lowest BCUT2D eigenvalue weighted by Crippen LogP contribution is -2.35. The minimum Gasteiger partial charge on any atom is -0.438 e. The van der Waals surface area contributed by atoms with Crippen molar-refractivity contribution in [1.29, 1.82) is 0 Å². The lowest BCUT2D eigenvalue weighted by Gasteiger charge is -2.41. The molecule has 0 amide bonds. The summed E-state index contributed by atoms with van der Waals surface area (Å²) in [4.78, 5) is 11.4. The van der Waals surface area contributed by atoms with Crippen molar-refractivity contribution < 1.29 is 14.3 Å². The fraction of sp³-hybridized carbons (Fsp3) is 0.944. The molecule has 1 fully saturated rings. The van der Waals surface area contributed by atoms with Crippen molar-refractivity contribution in [3.63, 3.8) is 0 Å². The van der Waals surface area contributed by atoms with E-state index in [1.54, 1.807) is 0 Å². The second-order valence-corrected chi connectivity index (χ2v) is 6.85. The number of rotatable bonds is 8. The molecular formula is C18H34O3. The van der Waals surface area contributed by atoms with Gasteiger partial charge in [-0.1, -0.05) is 53.9 Å². The van der Waals surface area contributed by atoms with Crippen LogP contribution in [0.1, 0.15) is 66.7 Å². The van der Waals surface area contributed by atoms with Crippen LogP contribution in [0, 0.1) is 29.6 Å². The van der Waals surface area contributed by atoms with Gasteiger partial charge in [-0.2, -0.15) is 0 Å². The van der Waals surface area contributed by atoms with Crippen LogP contribution >= 0.6 is 0 Å². The highest BCUT2D eigenvalue weighted by Gasteiger charge is 2.35. The van der Waals surface area contributed by atoms with Crippen LogP contribution in [-0.4, -0.2) is 19.4 Å². The van der Waals surface area contributed by atoms with Gasteiger partial charge in [-0.3, -0.25) is 4.79 Å². The molecule has 0 aromatic heterocycles. The smallest absolute Gasteiger partial charge is 0.310 e. The zero-order valence-corrected chi connectivity index (χ0v) is 14.6. The highest BCUT2D eigenvalue weighted by molar-refractivity contribution is 5.71. The Morgan fingerprint density at radius 2 is 1.62 bits per heavy atom. The summed E-state index contributed by atoms with van der Waals surface area (Å²) in [5, 5.41) is 0.